The summed E-state index contributed by atoms with van der Waals surface area (Å²) in [5.74, 6) is -0.974. The highest BCUT2D eigenvalue weighted by atomic mass is 16.4. The van der Waals surface area contributed by atoms with Crippen LogP contribution in [0, 0.1) is 0 Å². The lowest BCUT2D eigenvalue weighted by molar-refractivity contribution is -0.136. The van der Waals surface area contributed by atoms with Crippen molar-refractivity contribution in [3.8, 4) is 0 Å². The minimum Gasteiger partial charge on any atom is -0.481 e. The molecule has 0 spiro atoms. The zero-order chi connectivity index (χ0) is 13.5. The summed E-state index contributed by atoms with van der Waals surface area (Å²) in [5.41, 5.74) is 7.32. The van der Waals surface area contributed by atoms with E-state index in [2.05, 4.69) is 5.32 Å². The maximum atomic E-state index is 11.5. The molecule has 1 rings (SSSR count). The Morgan fingerprint density at radius 2 is 1.94 bits per heavy atom. The second-order valence-electron chi connectivity index (χ2n) is 4.27. The first-order valence-corrected chi connectivity index (χ1v) is 5.83. The van der Waals surface area contributed by atoms with Crippen molar-refractivity contribution in [3.63, 3.8) is 0 Å². The van der Waals surface area contributed by atoms with E-state index in [4.69, 9.17) is 10.8 Å². The number of nitrogens with two attached hydrogens (primary N) is 1. The van der Waals surface area contributed by atoms with Crippen LogP contribution >= 0.6 is 0 Å². The fourth-order valence-electron chi connectivity index (χ4n) is 1.60. The van der Waals surface area contributed by atoms with Crippen LogP contribution in [0.1, 0.15) is 31.2 Å². The first kappa shape index (κ1) is 14.0. The predicted octanol–water partition coefficient (Wildman–Crippen LogP) is 1.35. The molecular formula is C13H18N2O3. The maximum absolute atomic E-state index is 11.5. The van der Waals surface area contributed by atoms with Gasteiger partial charge in [-0.2, -0.15) is 0 Å². The normalized spacial score (nSPS) is 11.8. The lowest BCUT2D eigenvalue weighted by atomic mass is 9.97. The summed E-state index contributed by atoms with van der Waals surface area (Å²) in [6.45, 7) is 2.12. The summed E-state index contributed by atoms with van der Waals surface area (Å²) < 4.78 is 0. The molecule has 0 aliphatic heterocycles. The van der Waals surface area contributed by atoms with E-state index in [1.807, 2.05) is 19.1 Å². The Bertz CT molecular complexity index is 415. The Morgan fingerprint density at radius 1 is 1.33 bits per heavy atom. The number of nitrogen functional groups attached to an aromatic ring is 1. The van der Waals surface area contributed by atoms with Crippen LogP contribution in [0.25, 0.3) is 0 Å². The summed E-state index contributed by atoms with van der Waals surface area (Å²) in [4.78, 5) is 21.8. The second kappa shape index (κ2) is 6.64. The molecule has 4 N–H and O–H groups in total. The van der Waals surface area contributed by atoms with Gasteiger partial charge in [0, 0.05) is 18.7 Å². The smallest absolute Gasteiger partial charge is 0.305 e. The van der Waals surface area contributed by atoms with Gasteiger partial charge in [0.15, 0.2) is 0 Å². The van der Waals surface area contributed by atoms with Gasteiger partial charge in [-0.1, -0.05) is 19.1 Å². The number of amides is 1. The number of aliphatic carboxylic acids is 1. The Balaban J connectivity index is 2.39. The van der Waals surface area contributed by atoms with Crippen LogP contribution in [0.2, 0.25) is 0 Å². The van der Waals surface area contributed by atoms with Gasteiger partial charge in [-0.05, 0) is 23.6 Å². The van der Waals surface area contributed by atoms with Gasteiger partial charge in [-0.3, -0.25) is 9.59 Å². The molecule has 1 aromatic carbocycles. The van der Waals surface area contributed by atoms with Gasteiger partial charge < -0.3 is 16.2 Å². The number of carboxylic acid groups (broad SMARTS) is 1. The van der Waals surface area contributed by atoms with Gasteiger partial charge in [-0.15, -0.1) is 0 Å². The molecule has 0 aromatic heterocycles. The van der Waals surface area contributed by atoms with Crippen molar-refractivity contribution in [2.75, 3.05) is 12.3 Å². The highest BCUT2D eigenvalue weighted by Gasteiger charge is 2.11. The highest BCUT2D eigenvalue weighted by Crippen LogP contribution is 2.19. The van der Waals surface area contributed by atoms with Crippen molar-refractivity contribution in [2.45, 2.75) is 25.7 Å². The van der Waals surface area contributed by atoms with E-state index in [9.17, 15) is 9.59 Å². The van der Waals surface area contributed by atoms with Crippen LogP contribution in [0.3, 0.4) is 0 Å². The molecule has 0 aliphatic carbocycles. The Hall–Kier alpha value is -2.04. The Labute approximate surface area is 106 Å². The predicted molar refractivity (Wildman–Crippen MR) is 69.1 cm³/mol. The third kappa shape index (κ3) is 4.86. The largest absolute Gasteiger partial charge is 0.481 e. The molecule has 0 saturated heterocycles. The molecule has 0 radical (unpaired) electrons. The number of anilines is 1. The number of benzene rings is 1. The number of nitrogens with one attached hydrogen (secondary N) is 1. The van der Waals surface area contributed by atoms with Crippen LogP contribution < -0.4 is 11.1 Å². The van der Waals surface area contributed by atoms with Crippen molar-refractivity contribution in [2.24, 2.45) is 0 Å². The fourth-order valence-corrected chi connectivity index (χ4v) is 1.60. The molecular weight excluding hydrogens is 232 g/mol. The molecule has 18 heavy (non-hydrogen) atoms. The second-order valence-corrected chi connectivity index (χ2v) is 4.27. The Kier molecular flexibility index (Phi) is 5.17. The summed E-state index contributed by atoms with van der Waals surface area (Å²) in [5, 5.41) is 11.0. The summed E-state index contributed by atoms with van der Waals surface area (Å²) >= 11 is 0. The van der Waals surface area contributed by atoms with E-state index in [0.717, 1.165) is 5.56 Å². The number of carbonyl (C=O) groups excluding carboxylic acids is 1. The lowest BCUT2D eigenvalue weighted by Gasteiger charge is -2.12. The quantitative estimate of drug-likeness (QED) is 0.664. The van der Waals surface area contributed by atoms with E-state index < -0.39 is 5.97 Å². The average molecular weight is 250 g/mol. The van der Waals surface area contributed by atoms with Gasteiger partial charge in [0.2, 0.25) is 5.91 Å². The van der Waals surface area contributed by atoms with Crippen molar-refractivity contribution >= 4 is 17.6 Å². The van der Waals surface area contributed by atoms with Gasteiger partial charge in [0.05, 0.1) is 6.42 Å². The van der Waals surface area contributed by atoms with Gasteiger partial charge in [0.25, 0.3) is 0 Å². The summed E-state index contributed by atoms with van der Waals surface area (Å²) in [6, 6.07) is 7.39. The van der Waals surface area contributed by atoms with E-state index in [0.29, 0.717) is 12.1 Å². The van der Waals surface area contributed by atoms with E-state index in [1.165, 1.54) is 0 Å². The minimum absolute atomic E-state index is 0.0536. The number of hydrogen-bond donors (Lipinski definition) is 3. The van der Waals surface area contributed by atoms with Crippen LogP contribution in [-0.2, 0) is 9.59 Å². The van der Waals surface area contributed by atoms with E-state index >= 15 is 0 Å². The molecule has 0 aliphatic rings. The van der Waals surface area contributed by atoms with Crippen molar-refractivity contribution in [3.05, 3.63) is 29.8 Å². The van der Waals surface area contributed by atoms with E-state index in [1.54, 1.807) is 12.1 Å². The number of carbonyl (C=O) groups is 2. The summed E-state index contributed by atoms with van der Waals surface area (Å²) in [7, 11) is 0. The van der Waals surface area contributed by atoms with Crippen LogP contribution in [0.4, 0.5) is 5.69 Å². The van der Waals surface area contributed by atoms with Crippen LogP contribution in [0.5, 0.6) is 0 Å². The molecule has 1 unspecified atom stereocenters. The third-order valence-electron chi connectivity index (χ3n) is 2.66. The fraction of sp³-hybridized carbons (Fsp3) is 0.385. The SMILES string of the molecule is CC(CC(=O)NCCC(=O)O)c1ccc(N)cc1. The molecule has 5 heteroatoms. The van der Waals surface area contributed by atoms with Crippen molar-refractivity contribution in [1.29, 1.82) is 0 Å². The first-order valence-electron chi connectivity index (χ1n) is 5.83. The highest BCUT2D eigenvalue weighted by molar-refractivity contribution is 5.77. The lowest BCUT2D eigenvalue weighted by Crippen LogP contribution is -2.26. The molecule has 0 saturated carbocycles. The van der Waals surface area contributed by atoms with Crippen molar-refractivity contribution in [1.82, 2.24) is 5.32 Å². The molecule has 1 amide bonds. The molecule has 98 valence electrons. The molecule has 0 bridgehead atoms. The van der Waals surface area contributed by atoms with Gasteiger partial charge in [0.1, 0.15) is 0 Å². The van der Waals surface area contributed by atoms with E-state index in [-0.39, 0.29) is 24.8 Å². The number of hydrogen-bond acceptors (Lipinski definition) is 3. The molecule has 5 nitrogen and oxygen atoms in total. The van der Waals surface area contributed by atoms with Crippen LogP contribution in [-0.4, -0.2) is 23.5 Å². The molecule has 0 heterocycles. The molecule has 1 atom stereocenters. The van der Waals surface area contributed by atoms with Crippen LogP contribution in [0.15, 0.2) is 24.3 Å². The summed E-state index contributed by atoms with van der Waals surface area (Å²) in [6.07, 6.45) is 0.283. The zero-order valence-electron chi connectivity index (χ0n) is 10.3. The third-order valence-corrected chi connectivity index (χ3v) is 2.66. The first-order chi connectivity index (χ1) is 8.49. The zero-order valence-corrected chi connectivity index (χ0v) is 10.3. The standard InChI is InChI=1S/C13H18N2O3/c1-9(10-2-4-11(14)5-3-10)8-12(16)15-7-6-13(17)18/h2-5,9H,6-8,14H2,1H3,(H,15,16)(H,17,18). The Morgan fingerprint density at radius 3 is 2.50 bits per heavy atom. The average Bonchev–Trinajstić information content (AvgIpc) is 2.29. The number of carboxylic acids is 1. The topological polar surface area (TPSA) is 92.4 Å². The monoisotopic (exact) mass is 250 g/mol. The minimum atomic E-state index is -0.915. The maximum Gasteiger partial charge on any atom is 0.305 e. The van der Waals surface area contributed by atoms with Crippen molar-refractivity contribution < 1.29 is 14.7 Å². The molecule has 0 fully saturated rings. The molecule has 1 aromatic rings. The number of rotatable bonds is 6. The van der Waals surface area contributed by atoms with Gasteiger partial charge in [-0.25, -0.2) is 0 Å². The van der Waals surface area contributed by atoms with Gasteiger partial charge >= 0.3 is 5.97 Å².